The third-order valence-corrected chi connectivity index (χ3v) is 3.89. The fraction of sp³-hybridized carbons (Fsp3) is 0.364. The molecule has 0 spiro atoms. The average Bonchev–Trinajstić information content (AvgIpc) is 2.25. The summed E-state index contributed by atoms with van der Waals surface area (Å²) in [6.45, 7) is 0. The van der Waals surface area contributed by atoms with Gasteiger partial charge >= 0.3 is 5.97 Å². The highest BCUT2D eigenvalue weighted by Crippen LogP contribution is 2.31. The van der Waals surface area contributed by atoms with Crippen LogP contribution < -0.4 is 0 Å². The van der Waals surface area contributed by atoms with E-state index in [9.17, 15) is 4.79 Å². The monoisotopic (exact) mass is 242 g/mol. The van der Waals surface area contributed by atoms with Crippen LogP contribution in [0.4, 0.5) is 0 Å². The number of thioether (sulfide) groups is 2. The van der Waals surface area contributed by atoms with Gasteiger partial charge in [0.15, 0.2) is 0 Å². The number of aliphatic carboxylic acids is 1. The Morgan fingerprint density at radius 3 is 2.60 bits per heavy atom. The maximum absolute atomic E-state index is 10.5. The van der Waals surface area contributed by atoms with Gasteiger partial charge in [0.1, 0.15) is 0 Å². The molecule has 0 saturated carbocycles. The number of hydrogen-bond acceptors (Lipinski definition) is 3. The highest BCUT2D eigenvalue weighted by atomic mass is 32.2. The summed E-state index contributed by atoms with van der Waals surface area (Å²) in [6.07, 6.45) is 4.88. The Bertz CT molecular complexity index is 350. The lowest BCUT2D eigenvalue weighted by molar-refractivity contribution is -0.136. The number of carbonyl (C=O) groups is 1. The van der Waals surface area contributed by atoms with Crippen LogP contribution in [0, 0.1) is 0 Å². The van der Waals surface area contributed by atoms with Crippen molar-refractivity contribution in [2.24, 2.45) is 0 Å². The van der Waals surface area contributed by atoms with Gasteiger partial charge in [0, 0.05) is 16.2 Å². The Morgan fingerprint density at radius 1 is 1.33 bits per heavy atom. The topological polar surface area (TPSA) is 37.3 Å². The lowest BCUT2D eigenvalue weighted by Crippen LogP contribution is -1.99. The molecule has 0 aliphatic heterocycles. The molecule has 0 radical (unpaired) electrons. The Hall–Kier alpha value is -0.610. The van der Waals surface area contributed by atoms with Crippen molar-refractivity contribution < 1.29 is 9.90 Å². The number of carboxylic acid groups (broad SMARTS) is 1. The van der Waals surface area contributed by atoms with E-state index >= 15 is 0 Å². The summed E-state index contributed by atoms with van der Waals surface area (Å²) in [4.78, 5) is 13.0. The number of carboxylic acids is 1. The van der Waals surface area contributed by atoms with Gasteiger partial charge in [-0.3, -0.25) is 4.79 Å². The molecule has 0 amide bonds. The van der Waals surface area contributed by atoms with Crippen molar-refractivity contribution in [3.8, 4) is 0 Å². The summed E-state index contributed by atoms with van der Waals surface area (Å²) in [6, 6.07) is 6.07. The van der Waals surface area contributed by atoms with Gasteiger partial charge in [0.25, 0.3) is 0 Å². The van der Waals surface area contributed by atoms with Crippen LogP contribution in [0.15, 0.2) is 28.0 Å². The van der Waals surface area contributed by atoms with Crippen molar-refractivity contribution in [3.05, 3.63) is 23.8 Å². The smallest absolute Gasteiger partial charge is 0.303 e. The zero-order chi connectivity index (χ0) is 11.3. The minimum atomic E-state index is -0.739. The van der Waals surface area contributed by atoms with Crippen molar-refractivity contribution in [1.82, 2.24) is 0 Å². The molecule has 0 unspecified atom stereocenters. The number of benzene rings is 1. The second-order valence-electron chi connectivity index (χ2n) is 3.05. The van der Waals surface area contributed by atoms with Crippen LogP contribution in [0.25, 0.3) is 0 Å². The molecule has 0 atom stereocenters. The lowest BCUT2D eigenvalue weighted by Gasteiger charge is -2.10. The predicted octanol–water partition coefficient (Wildman–Crippen LogP) is 3.15. The van der Waals surface area contributed by atoms with E-state index in [4.69, 9.17) is 5.11 Å². The van der Waals surface area contributed by atoms with E-state index in [1.165, 1.54) is 9.79 Å². The summed E-state index contributed by atoms with van der Waals surface area (Å²) in [7, 11) is 0. The first kappa shape index (κ1) is 12.5. The van der Waals surface area contributed by atoms with E-state index in [0.29, 0.717) is 6.42 Å². The summed E-state index contributed by atoms with van der Waals surface area (Å²) in [5.41, 5.74) is 1.14. The van der Waals surface area contributed by atoms with E-state index in [0.717, 1.165) is 5.56 Å². The van der Waals surface area contributed by atoms with Crippen LogP contribution >= 0.6 is 23.5 Å². The summed E-state index contributed by atoms with van der Waals surface area (Å²) >= 11 is 3.38. The van der Waals surface area contributed by atoms with Crippen molar-refractivity contribution >= 4 is 29.5 Å². The summed E-state index contributed by atoms with van der Waals surface area (Å²) in [5, 5.41) is 8.65. The summed E-state index contributed by atoms with van der Waals surface area (Å²) < 4.78 is 0. The SMILES string of the molecule is CSc1cccc(CCC(=O)O)c1SC. The molecule has 0 saturated heterocycles. The fourth-order valence-corrected chi connectivity index (χ4v) is 3.12. The third-order valence-electron chi connectivity index (χ3n) is 2.09. The normalized spacial score (nSPS) is 10.3. The third kappa shape index (κ3) is 3.47. The quantitative estimate of drug-likeness (QED) is 0.805. The molecule has 0 bridgehead atoms. The van der Waals surface area contributed by atoms with Gasteiger partial charge in [-0.2, -0.15) is 0 Å². The van der Waals surface area contributed by atoms with Crippen LogP contribution in [0.5, 0.6) is 0 Å². The molecule has 0 aromatic heterocycles. The minimum Gasteiger partial charge on any atom is -0.481 e. The molecule has 15 heavy (non-hydrogen) atoms. The zero-order valence-corrected chi connectivity index (χ0v) is 10.5. The first-order valence-corrected chi connectivity index (χ1v) is 7.05. The van der Waals surface area contributed by atoms with Gasteiger partial charge in [0.05, 0.1) is 0 Å². The van der Waals surface area contributed by atoms with Gasteiger partial charge in [-0.05, 0) is 30.6 Å². The van der Waals surface area contributed by atoms with Gasteiger partial charge in [-0.1, -0.05) is 12.1 Å². The van der Waals surface area contributed by atoms with Crippen molar-refractivity contribution in [3.63, 3.8) is 0 Å². The van der Waals surface area contributed by atoms with Crippen LogP contribution in [0.1, 0.15) is 12.0 Å². The molecular formula is C11H14O2S2. The van der Waals surface area contributed by atoms with Crippen LogP contribution in [0.2, 0.25) is 0 Å². The minimum absolute atomic E-state index is 0.200. The number of aryl methyl sites for hydroxylation is 1. The highest BCUT2D eigenvalue weighted by Gasteiger charge is 2.08. The predicted molar refractivity (Wildman–Crippen MR) is 66.0 cm³/mol. The Kier molecular flexibility index (Phi) is 5.05. The first-order chi connectivity index (χ1) is 7.19. The molecule has 0 aliphatic rings. The van der Waals surface area contributed by atoms with Gasteiger partial charge in [-0.15, -0.1) is 23.5 Å². The first-order valence-electron chi connectivity index (χ1n) is 4.60. The molecule has 1 aromatic carbocycles. The van der Waals surface area contributed by atoms with Crippen LogP contribution in [-0.4, -0.2) is 23.6 Å². The molecule has 1 N–H and O–H groups in total. The molecule has 2 nitrogen and oxygen atoms in total. The fourth-order valence-electron chi connectivity index (χ4n) is 1.39. The van der Waals surface area contributed by atoms with Crippen molar-refractivity contribution in [2.75, 3.05) is 12.5 Å². The van der Waals surface area contributed by atoms with Gasteiger partial charge in [-0.25, -0.2) is 0 Å². The zero-order valence-electron chi connectivity index (χ0n) is 8.82. The number of hydrogen-bond donors (Lipinski definition) is 1. The highest BCUT2D eigenvalue weighted by molar-refractivity contribution is 8.01. The van der Waals surface area contributed by atoms with E-state index < -0.39 is 5.97 Å². The van der Waals surface area contributed by atoms with Crippen LogP contribution in [-0.2, 0) is 11.2 Å². The van der Waals surface area contributed by atoms with Crippen molar-refractivity contribution in [1.29, 1.82) is 0 Å². The van der Waals surface area contributed by atoms with Gasteiger partial charge < -0.3 is 5.11 Å². The Morgan fingerprint density at radius 2 is 2.07 bits per heavy atom. The summed E-state index contributed by atoms with van der Waals surface area (Å²) in [5.74, 6) is -0.739. The molecule has 4 heteroatoms. The van der Waals surface area contributed by atoms with E-state index in [2.05, 4.69) is 6.07 Å². The van der Waals surface area contributed by atoms with Crippen molar-refractivity contribution in [2.45, 2.75) is 22.6 Å². The van der Waals surface area contributed by atoms with E-state index in [1.54, 1.807) is 23.5 Å². The number of rotatable bonds is 5. The average molecular weight is 242 g/mol. The maximum Gasteiger partial charge on any atom is 0.303 e. The van der Waals surface area contributed by atoms with Crippen LogP contribution in [0.3, 0.4) is 0 Å². The molecule has 1 aromatic rings. The molecule has 1 rings (SSSR count). The second-order valence-corrected chi connectivity index (χ2v) is 4.71. The molecule has 82 valence electrons. The standard InChI is InChI=1S/C11H14O2S2/c1-14-9-5-3-4-8(11(9)15-2)6-7-10(12)13/h3-5H,6-7H2,1-2H3,(H,12,13). The van der Waals surface area contributed by atoms with E-state index in [-0.39, 0.29) is 6.42 Å². The second kappa shape index (κ2) is 6.08. The lowest BCUT2D eigenvalue weighted by atomic mass is 10.1. The molecule has 0 aliphatic carbocycles. The van der Waals surface area contributed by atoms with Gasteiger partial charge in [0.2, 0.25) is 0 Å². The largest absolute Gasteiger partial charge is 0.481 e. The maximum atomic E-state index is 10.5. The molecular weight excluding hydrogens is 228 g/mol. The molecule has 0 heterocycles. The Labute approximate surface area is 98.5 Å². The Balaban J connectivity index is 2.90. The van der Waals surface area contributed by atoms with E-state index in [1.807, 2.05) is 24.6 Å². The molecule has 0 fully saturated rings.